The van der Waals surface area contributed by atoms with E-state index in [9.17, 15) is 9.18 Å². The molecule has 2 amide bonds. The highest BCUT2D eigenvalue weighted by molar-refractivity contribution is 6.01. The van der Waals surface area contributed by atoms with Gasteiger partial charge in [-0.15, -0.1) is 0 Å². The van der Waals surface area contributed by atoms with Crippen molar-refractivity contribution in [2.75, 3.05) is 11.5 Å². The maximum atomic E-state index is 14.1. The zero-order chi connectivity index (χ0) is 24.4. The van der Waals surface area contributed by atoms with Crippen LogP contribution in [0.3, 0.4) is 0 Å². The molecular weight excluding hydrogens is 447 g/mol. The molecule has 176 valence electrons. The van der Waals surface area contributed by atoms with Gasteiger partial charge in [-0.3, -0.25) is 4.90 Å². The maximum Gasteiger partial charge on any atom is 0.326 e. The Kier molecular flexibility index (Phi) is 6.01. The number of para-hydroxylation sites is 1. The van der Waals surface area contributed by atoms with Crippen LogP contribution >= 0.6 is 0 Å². The number of hydrogen-bond acceptors (Lipinski definition) is 5. The first-order chi connectivity index (χ1) is 17.0. The normalized spacial score (nSPS) is 15.8. The van der Waals surface area contributed by atoms with Gasteiger partial charge >= 0.3 is 6.03 Å². The molecule has 8 heteroatoms. The summed E-state index contributed by atoms with van der Waals surface area (Å²) in [5.41, 5.74) is 3.20. The zero-order valence-corrected chi connectivity index (χ0v) is 19.2. The minimum Gasteiger partial charge on any atom is -0.494 e. The summed E-state index contributed by atoms with van der Waals surface area (Å²) in [6.45, 7) is 4.31. The fourth-order valence-electron chi connectivity index (χ4n) is 4.16. The summed E-state index contributed by atoms with van der Waals surface area (Å²) in [7, 11) is 0. The van der Waals surface area contributed by atoms with E-state index < -0.39 is 11.9 Å². The molecule has 1 unspecified atom stereocenters. The number of benzene rings is 3. The molecule has 1 aliphatic rings. The Bertz CT molecular complexity index is 1380. The molecular formula is C27H23FN4O3. The molecule has 0 fully saturated rings. The summed E-state index contributed by atoms with van der Waals surface area (Å²) in [6, 6.07) is 21.7. The summed E-state index contributed by atoms with van der Waals surface area (Å²) in [4.78, 5) is 19.4. The third-order valence-corrected chi connectivity index (χ3v) is 5.76. The molecule has 1 atom stereocenters. The highest BCUT2D eigenvalue weighted by atomic mass is 19.1. The molecule has 0 radical (unpaired) electrons. The molecule has 35 heavy (non-hydrogen) atoms. The molecule has 4 aromatic rings. The monoisotopic (exact) mass is 470 g/mol. The number of carbonyl (C=O) groups excluding carboxylic acids is 1. The van der Waals surface area contributed by atoms with Gasteiger partial charge in [0.25, 0.3) is 5.89 Å². The van der Waals surface area contributed by atoms with Gasteiger partial charge in [0, 0.05) is 11.3 Å². The van der Waals surface area contributed by atoms with Crippen LogP contribution < -0.4 is 15.0 Å². The van der Waals surface area contributed by atoms with E-state index in [4.69, 9.17) is 9.26 Å². The second kappa shape index (κ2) is 9.42. The fourth-order valence-corrected chi connectivity index (χ4v) is 4.16. The minimum absolute atomic E-state index is 0.238. The topological polar surface area (TPSA) is 80.5 Å². The number of urea groups is 1. The number of ether oxygens (including phenoxy) is 1. The van der Waals surface area contributed by atoms with Gasteiger partial charge < -0.3 is 14.6 Å². The average Bonchev–Trinajstić information content (AvgIpc) is 3.35. The minimum atomic E-state index is -0.674. The lowest BCUT2D eigenvalue weighted by molar-refractivity contribution is 0.244. The Morgan fingerprint density at radius 3 is 2.54 bits per heavy atom. The summed E-state index contributed by atoms with van der Waals surface area (Å²) in [6.07, 6.45) is 0. The standard InChI is InChI=1S/C27H23FN4O3/c1-3-34-22-14-12-18(13-15-22)25-30-26(35-31-25)23-17(2)32(21-10-5-4-6-11-21)27(33)29-24(23)19-8-7-9-20(28)16-19/h4-16,24H,3H2,1-2H3,(H,29,33). The number of nitrogens with zero attached hydrogens (tertiary/aromatic N) is 3. The van der Waals surface area contributed by atoms with Crippen molar-refractivity contribution in [1.29, 1.82) is 0 Å². The highest BCUT2D eigenvalue weighted by Gasteiger charge is 2.36. The Hall–Kier alpha value is -4.46. The molecule has 7 nitrogen and oxygen atoms in total. The van der Waals surface area contributed by atoms with Crippen molar-refractivity contribution in [1.82, 2.24) is 15.5 Å². The van der Waals surface area contributed by atoms with E-state index in [2.05, 4.69) is 15.5 Å². The van der Waals surface area contributed by atoms with Crippen LogP contribution in [0.15, 0.2) is 89.1 Å². The lowest BCUT2D eigenvalue weighted by atomic mass is 9.94. The van der Waals surface area contributed by atoms with Crippen molar-refractivity contribution >= 4 is 17.3 Å². The van der Waals surface area contributed by atoms with Crippen molar-refractivity contribution < 1.29 is 18.4 Å². The van der Waals surface area contributed by atoms with Gasteiger partial charge in [0.05, 0.1) is 23.9 Å². The molecule has 1 aliphatic heterocycles. The lowest BCUT2D eigenvalue weighted by Gasteiger charge is -2.35. The quantitative estimate of drug-likeness (QED) is 0.375. The number of halogens is 1. The van der Waals surface area contributed by atoms with Crippen LogP contribution in [0, 0.1) is 5.82 Å². The summed E-state index contributed by atoms with van der Waals surface area (Å²) < 4.78 is 25.3. The Labute approximate surface area is 201 Å². The van der Waals surface area contributed by atoms with Gasteiger partial charge in [0.1, 0.15) is 11.6 Å². The molecule has 0 aliphatic carbocycles. The van der Waals surface area contributed by atoms with Crippen molar-refractivity contribution in [2.24, 2.45) is 0 Å². The van der Waals surface area contributed by atoms with E-state index in [1.165, 1.54) is 12.1 Å². The first-order valence-corrected chi connectivity index (χ1v) is 11.2. The van der Waals surface area contributed by atoms with Crippen LogP contribution in [0.5, 0.6) is 5.75 Å². The molecule has 2 heterocycles. The number of allylic oxidation sites excluding steroid dienone is 1. The van der Waals surface area contributed by atoms with Gasteiger partial charge in [-0.25, -0.2) is 9.18 Å². The number of hydrogen-bond donors (Lipinski definition) is 1. The van der Waals surface area contributed by atoms with Crippen LogP contribution in [0.4, 0.5) is 14.9 Å². The Morgan fingerprint density at radius 2 is 1.83 bits per heavy atom. The number of aromatic nitrogens is 2. The van der Waals surface area contributed by atoms with E-state index in [1.54, 1.807) is 17.0 Å². The van der Waals surface area contributed by atoms with Crippen LogP contribution in [-0.2, 0) is 0 Å². The summed E-state index contributed by atoms with van der Waals surface area (Å²) in [5.74, 6) is 0.976. The molecule has 1 N–H and O–H groups in total. The number of rotatable bonds is 6. The number of anilines is 1. The van der Waals surface area contributed by atoms with Crippen molar-refractivity contribution in [3.8, 4) is 17.1 Å². The third-order valence-electron chi connectivity index (χ3n) is 5.76. The second-order valence-electron chi connectivity index (χ2n) is 7.99. The second-order valence-corrected chi connectivity index (χ2v) is 7.99. The number of carbonyl (C=O) groups is 1. The molecule has 5 rings (SSSR count). The predicted octanol–water partition coefficient (Wildman–Crippen LogP) is 5.98. The fraction of sp³-hybridized carbons (Fsp3) is 0.148. The predicted molar refractivity (Wildman–Crippen MR) is 130 cm³/mol. The van der Waals surface area contributed by atoms with Crippen LogP contribution in [0.2, 0.25) is 0 Å². The smallest absolute Gasteiger partial charge is 0.326 e. The van der Waals surface area contributed by atoms with Crippen LogP contribution in [0.1, 0.15) is 31.3 Å². The van der Waals surface area contributed by atoms with Crippen molar-refractivity contribution in [3.63, 3.8) is 0 Å². The van der Waals surface area contributed by atoms with Crippen molar-refractivity contribution in [2.45, 2.75) is 19.9 Å². The van der Waals surface area contributed by atoms with E-state index >= 15 is 0 Å². The lowest BCUT2D eigenvalue weighted by Crippen LogP contribution is -2.46. The Balaban J connectivity index is 1.60. The number of amides is 2. The largest absolute Gasteiger partial charge is 0.494 e. The first kappa shape index (κ1) is 22.3. The van der Waals surface area contributed by atoms with E-state index in [-0.39, 0.29) is 11.9 Å². The first-order valence-electron chi connectivity index (χ1n) is 11.2. The van der Waals surface area contributed by atoms with Gasteiger partial charge in [-0.1, -0.05) is 35.5 Å². The van der Waals surface area contributed by atoms with E-state index in [1.807, 2.05) is 68.4 Å². The van der Waals surface area contributed by atoms with Gasteiger partial charge in [0.15, 0.2) is 0 Å². The van der Waals surface area contributed by atoms with Crippen LogP contribution in [-0.4, -0.2) is 22.8 Å². The Morgan fingerprint density at radius 1 is 1.06 bits per heavy atom. The van der Waals surface area contributed by atoms with E-state index in [0.29, 0.717) is 35.0 Å². The molecule has 3 aromatic carbocycles. The third kappa shape index (κ3) is 4.38. The SMILES string of the molecule is CCOc1ccc(-c2noc(C3=C(C)N(c4ccccc4)C(=O)NC3c3cccc(F)c3)n2)cc1. The summed E-state index contributed by atoms with van der Waals surface area (Å²) >= 11 is 0. The highest BCUT2D eigenvalue weighted by Crippen LogP contribution is 2.39. The number of nitrogens with one attached hydrogen (secondary N) is 1. The molecule has 1 aromatic heterocycles. The van der Waals surface area contributed by atoms with Gasteiger partial charge in [0.2, 0.25) is 5.82 Å². The molecule has 0 saturated carbocycles. The van der Waals surface area contributed by atoms with Crippen LogP contribution in [0.25, 0.3) is 17.0 Å². The zero-order valence-electron chi connectivity index (χ0n) is 19.2. The molecule has 0 spiro atoms. The van der Waals surface area contributed by atoms with Gasteiger partial charge in [-0.05, 0) is 67.9 Å². The molecule has 0 bridgehead atoms. The van der Waals surface area contributed by atoms with Crippen molar-refractivity contribution in [3.05, 3.63) is 102 Å². The molecule has 0 saturated heterocycles. The maximum absolute atomic E-state index is 14.1. The van der Waals surface area contributed by atoms with Gasteiger partial charge in [-0.2, -0.15) is 4.98 Å². The average molecular weight is 471 g/mol. The van der Waals surface area contributed by atoms with E-state index in [0.717, 1.165) is 11.3 Å². The summed E-state index contributed by atoms with van der Waals surface area (Å²) in [5, 5.41) is 7.14.